The lowest BCUT2D eigenvalue weighted by molar-refractivity contribution is 0.0950. The lowest BCUT2D eigenvalue weighted by Gasteiger charge is -2.02. The molecule has 4 atom stereocenters. The standard InChI is InChI=1S/C22H40O3/c1-3-19-20(24-19)17-15-13-11-9-7-5-4-6-8-10-12-14-16-18-21-22(23-2)25-21/h13,15,19-22H,3-12,14,16-18H2,1-2H3. The van der Waals surface area contributed by atoms with Gasteiger partial charge in [0.1, 0.15) is 6.10 Å². The van der Waals surface area contributed by atoms with Gasteiger partial charge in [0.05, 0.1) is 12.2 Å². The third-order valence-corrected chi connectivity index (χ3v) is 5.50. The summed E-state index contributed by atoms with van der Waals surface area (Å²) in [7, 11) is 1.73. The number of methoxy groups -OCH3 is 1. The van der Waals surface area contributed by atoms with E-state index in [-0.39, 0.29) is 6.29 Å². The van der Waals surface area contributed by atoms with Crippen molar-refractivity contribution in [1.82, 2.24) is 0 Å². The van der Waals surface area contributed by atoms with E-state index in [0.29, 0.717) is 18.3 Å². The maximum Gasteiger partial charge on any atom is 0.184 e. The zero-order chi connectivity index (χ0) is 17.7. The Labute approximate surface area is 155 Å². The highest BCUT2D eigenvalue weighted by Crippen LogP contribution is 2.28. The van der Waals surface area contributed by atoms with E-state index >= 15 is 0 Å². The molecule has 146 valence electrons. The van der Waals surface area contributed by atoms with Crippen LogP contribution >= 0.6 is 0 Å². The van der Waals surface area contributed by atoms with Crippen molar-refractivity contribution in [2.45, 2.75) is 121 Å². The van der Waals surface area contributed by atoms with Crippen molar-refractivity contribution in [2.24, 2.45) is 0 Å². The van der Waals surface area contributed by atoms with Crippen LogP contribution in [0.15, 0.2) is 12.2 Å². The topological polar surface area (TPSA) is 34.3 Å². The van der Waals surface area contributed by atoms with E-state index in [1.54, 1.807) is 7.11 Å². The number of hydrogen-bond donors (Lipinski definition) is 0. The second kappa shape index (κ2) is 12.9. The van der Waals surface area contributed by atoms with Gasteiger partial charge in [-0.25, -0.2) is 0 Å². The fraction of sp³-hybridized carbons (Fsp3) is 0.909. The highest BCUT2D eigenvalue weighted by Gasteiger charge is 2.38. The molecule has 2 aliphatic heterocycles. The fourth-order valence-corrected chi connectivity index (χ4v) is 3.65. The van der Waals surface area contributed by atoms with Crippen molar-refractivity contribution in [3.8, 4) is 0 Å². The first-order chi connectivity index (χ1) is 12.3. The van der Waals surface area contributed by atoms with Crippen LogP contribution in [0, 0.1) is 0 Å². The van der Waals surface area contributed by atoms with E-state index in [0.717, 1.165) is 6.42 Å². The fourth-order valence-electron chi connectivity index (χ4n) is 3.65. The lowest BCUT2D eigenvalue weighted by atomic mass is 10.0. The summed E-state index contributed by atoms with van der Waals surface area (Å²) >= 11 is 0. The van der Waals surface area contributed by atoms with Crippen molar-refractivity contribution in [3.63, 3.8) is 0 Å². The quantitative estimate of drug-likeness (QED) is 0.178. The van der Waals surface area contributed by atoms with Crippen molar-refractivity contribution in [2.75, 3.05) is 7.11 Å². The molecule has 0 spiro atoms. The van der Waals surface area contributed by atoms with Crippen LogP contribution in [0.1, 0.15) is 96.8 Å². The number of epoxide rings is 2. The molecule has 2 saturated heterocycles. The van der Waals surface area contributed by atoms with E-state index in [9.17, 15) is 0 Å². The minimum Gasteiger partial charge on any atom is -0.369 e. The van der Waals surface area contributed by atoms with Gasteiger partial charge in [-0.05, 0) is 32.1 Å². The minimum atomic E-state index is 0.108. The first-order valence-corrected chi connectivity index (χ1v) is 10.8. The molecule has 0 aromatic carbocycles. The second-order valence-corrected chi connectivity index (χ2v) is 7.72. The Morgan fingerprint density at radius 3 is 1.92 bits per heavy atom. The van der Waals surface area contributed by atoms with Gasteiger partial charge in [-0.15, -0.1) is 0 Å². The highest BCUT2D eigenvalue weighted by molar-refractivity contribution is 4.93. The predicted molar refractivity (Wildman–Crippen MR) is 104 cm³/mol. The molecule has 3 heteroatoms. The van der Waals surface area contributed by atoms with Gasteiger partial charge in [-0.1, -0.05) is 76.9 Å². The Balaban J connectivity index is 1.22. The van der Waals surface area contributed by atoms with Crippen LogP contribution in [0.5, 0.6) is 0 Å². The Bertz CT molecular complexity index is 355. The molecular weight excluding hydrogens is 312 g/mol. The molecular formula is C22H40O3. The number of unbranched alkanes of at least 4 members (excludes halogenated alkanes) is 10. The van der Waals surface area contributed by atoms with Gasteiger partial charge >= 0.3 is 0 Å². The third-order valence-electron chi connectivity index (χ3n) is 5.50. The van der Waals surface area contributed by atoms with Gasteiger partial charge < -0.3 is 14.2 Å². The number of hydrogen-bond acceptors (Lipinski definition) is 3. The van der Waals surface area contributed by atoms with Gasteiger partial charge in [0.2, 0.25) is 0 Å². The molecule has 0 N–H and O–H groups in total. The van der Waals surface area contributed by atoms with Crippen LogP contribution in [-0.2, 0) is 14.2 Å². The van der Waals surface area contributed by atoms with Gasteiger partial charge in [0.25, 0.3) is 0 Å². The summed E-state index contributed by atoms with van der Waals surface area (Å²) in [5, 5.41) is 0. The smallest absolute Gasteiger partial charge is 0.184 e. The van der Waals surface area contributed by atoms with Crippen LogP contribution in [0.4, 0.5) is 0 Å². The average Bonchev–Trinajstić information content (AvgIpc) is 3.53. The molecule has 2 aliphatic rings. The Morgan fingerprint density at radius 1 is 0.720 bits per heavy atom. The molecule has 0 bridgehead atoms. The van der Waals surface area contributed by atoms with E-state index in [1.165, 1.54) is 83.5 Å². The molecule has 2 rings (SSSR count). The maximum atomic E-state index is 5.54. The van der Waals surface area contributed by atoms with Crippen molar-refractivity contribution in [1.29, 1.82) is 0 Å². The zero-order valence-corrected chi connectivity index (χ0v) is 16.6. The van der Waals surface area contributed by atoms with Gasteiger partial charge in [0, 0.05) is 7.11 Å². The Hall–Kier alpha value is -0.380. The van der Waals surface area contributed by atoms with E-state index < -0.39 is 0 Å². The largest absolute Gasteiger partial charge is 0.369 e. The van der Waals surface area contributed by atoms with Crippen molar-refractivity contribution >= 4 is 0 Å². The number of rotatable bonds is 17. The summed E-state index contributed by atoms with van der Waals surface area (Å²) in [6.45, 7) is 2.20. The van der Waals surface area contributed by atoms with E-state index in [4.69, 9.17) is 14.2 Å². The number of ether oxygens (including phenoxy) is 3. The molecule has 0 aromatic rings. The van der Waals surface area contributed by atoms with Gasteiger partial charge in [-0.2, -0.15) is 0 Å². The van der Waals surface area contributed by atoms with Crippen LogP contribution in [0.3, 0.4) is 0 Å². The average molecular weight is 353 g/mol. The lowest BCUT2D eigenvalue weighted by Crippen LogP contribution is -1.95. The summed E-state index contributed by atoms with van der Waals surface area (Å²) < 4.78 is 16.0. The molecule has 0 saturated carbocycles. The summed E-state index contributed by atoms with van der Waals surface area (Å²) in [6, 6.07) is 0. The van der Waals surface area contributed by atoms with Crippen molar-refractivity contribution in [3.05, 3.63) is 12.2 Å². The van der Waals surface area contributed by atoms with Crippen LogP contribution < -0.4 is 0 Å². The van der Waals surface area contributed by atoms with Crippen molar-refractivity contribution < 1.29 is 14.2 Å². The van der Waals surface area contributed by atoms with Gasteiger partial charge in [-0.3, -0.25) is 0 Å². The van der Waals surface area contributed by atoms with Crippen LogP contribution in [0.2, 0.25) is 0 Å². The first-order valence-electron chi connectivity index (χ1n) is 10.8. The predicted octanol–water partition coefficient (Wildman–Crippen LogP) is 6.16. The monoisotopic (exact) mass is 352 g/mol. The SMILES string of the molecule is CCC1OC1CC=CCCCCCCCCCCCCC1OC1OC. The first kappa shape index (κ1) is 20.9. The molecule has 25 heavy (non-hydrogen) atoms. The molecule has 2 fully saturated rings. The molecule has 0 radical (unpaired) electrons. The summed E-state index contributed by atoms with van der Waals surface area (Å²) in [5.74, 6) is 0. The molecule has 0 aliphatic carbocycles. The molecule has 3 nitrogen and oxygen atoms in total. The maximum absolute atomic E-state index is 5.54. The Morgan fingerprint density at radius 2 is 1.36 bits per heavy atom. The summed E-state index contributed by atoms with van der Waals surface area (Å²) in [6.07, 6.45) is 24.9. The van der Waals surface area contributed by atoms with E-state index in [1.807, 2.05) is 0 Å². The second-order valence-electron chi connectivity index (χ2n) is 7.72. The van der Waals surface area contributed by atoms with E-state index in [2.05, 4.69) is 19.1 Å². The summed E-state index contributed by atoms with van der Waals surface area (Å²) in [4.78, 5) is 0. The minimum absolute atomic E-state index is 0.108. The Kier molecular flexibility index (Phi) is 10.8. The van der Waals surface area contributed by atoms with Gasteiger partial charge in [0.15, 0.2) is 6.29 Å². The zero-order valence-electron chi connectivity index (χ0n) is 16.6. The van der Waals surface area contributed by atoms with Crippen LogP contribution in [0.25, 0.3) is 0 Å². The third kappa shape index (κ3) is 9.77. The van der Waals surface area contributed by atoms with Crippen LogP contribution in [-0.4, -0.2) is 31.7 Å². The molecule has 0 aromatic heterocycles. The molecule has 0 amide bonds. The number of allylic oxidation sites excluding steroid dienone is 1. The normalized spacial score (nSPS) is 27.9. The highest BCUT2D eigenvalue weighted by atomic mass is 16.8. The molecule has 2 heterocycles. The summed E-state index contributed by atoms with van der Waals surface area (Å²) in [5.41, 5.74) is 0. The molecule has 4 unspecified atom stereocenters.